The van der Waals surface area contributed by atoms with Crippen LogP contribution in [0.3, 0.4) is 0 Å². The Bertz CT molecular complexity index is 94.9. The van der Waals surface area contributed by atoms with Crippen molar-refractivity contribution < 1.29 is 4.74 Å². The summed E-state index contributed by atoms with van der Waals surface area (Å²) >= 11 is 0. The van der Waals surface area contributed by atoms with Gasteiger partial charge in [-0.25, -0.2) is 0 Å². The van der Waals surface area contributed by atoms with Crippen LogP contribution in [0.4, 0.5) is 0 Å². The predicted molar refractivity (Wildman–Crippen MR) is 37.2 cm³/mol. The average Bonchev–Trinajstić information content (AvgIpc) is 1.80. The maximum absolute atomic E-state index is 5.72. The fraction of sp³-hybridized carbons (Fsp3) is 1.00. The van der Waals surface area contributed by atoms with Crippen molar-refractivity contribution in [3.63, 3.8) is 0 Å². The van der Waals surface area contributed by atoms with E-state index in [2.05, 4.69) is 6.92 Å². The Labute approximate surface area is 56.4 Å². The Kier molecular flexibility index (Phi) is 2.09. The monoisotopic (exact) mass is 129 g/mol. The lowest BCUT2D eigenvalue weighted by Crippen LogP contribution is -2.41. The van der Waals surface area contributed by atoms with Gasteiger partial charge in [-0.05, 0) is 26.7 Å². The normalized spacial score (nSPS) is 45.0. The van der Waals surface area contributed by atoms with Crippen LogP contribution in [-0.4, -0.2) is 18.2 Å². The van der Waals surface area contributed by atoms with Crippen LogP contribution >= 0.6 is 0 Å². The van der Waals surface area contributed by atoms with Gasteiger partial charge in [0.25, 0.3) is 0 Å². The molecular formula is C7H15NO. The molecule has 2 heteroatoms. The van der Waals surface area contributed by atoms with E-state index < -0.39 is 0 Å². The van der Waals surface area contributed by atoms with Crippen molar-refractivity contribution >= 4 is 0 Å². The Morgan fingerprint density at radius 1 is 1.33 bits per heavy atom. The van der Waals surface area contributed by atoms with Crippen LogP contribution in [-0.2, 0) is 4.74 Å². The van der Waals surface area contributed by atoms with Crippen LogP contribution in [0.2, 0.25) is 0 Å². The molecule has 0 radical (unpaired) electrons. The quantitative estimate of drug-likeness (QED) is 0.527. The number of ether oxygens (including phenoxy) is 1. The van der Waals surface area contributed by atoms with Gasteiger partial charge < -0.3 is 10.5 Å². The first kappa shape index (κ1) is 7.03. The number of rotatable bonds is 0. The zero-order chi connectivity index (χ0) is 6.85. The largest absolute Gasteiger partial charge is 0.374 e. The highest BCUT2D eigenvalue weighted by atomic mass is 16.5. The third-order valence-electron chi connectivity index (χ3n) is 1.96. The summed E-state index contributed by atoms with van der Waals surface area (Å²) in [6.45, 7) is 4.14. The SMILES string of the molecule is CC1O[C@H](C)CC[C@@H]1N. The second kappa shape index (κ2) is 2.67. The standard InChI is InChI=1S/C7H15NO/c1-5-3-4-7(8)6(2)9-5/h5-7H,3-4,8H2,1-2H3/t5-,6?,7+/m1/s1. The molecular weight excluding hydrogens is 114 g/mol. The highest BCUT2D eigenvalue weighted by Gasteiger charge is 2.21. The zero-order valence-corrected chi connectivity index (χ0v) is 6.13. The molecule has 1 unspecified atom stereocenters. The molecule has 0 aliphatic carbocycles. The van der Waals surface area contributed by atoms with Gasteiger partial charge in [0, 0.05) is 6.04 Å². The fourth-order valence-electron chi connectivity index (χ4n) is 1.20. The molecule has 0 aromatic rings. The smallest absolute Gasteiger partial charge is 0.0701 e. The summed E-state index contributed by atoms with van der Waals surface area (Å²) in [4.78, 5) is 0. The summed E-state index contributed by atoms with van der Waals surface area (Å²) in [6, 6.07) is 0.265. The molecule has 0 spiro atoms. The van der Waals surface area contributed by atoms with Crippen molar-refractivity contribution in [2.75, 3.05) is 0 Å². The van der Waals surface area contributed by atoms with Gasteiger partial charge in [-0.2, -0.15) is 0 Å². The Morgan fingerprint density at radius 2 is 2.00 bits per heavy atom. The van der Waals surface area contributed by atoms with Gasteiger partial charge in [0.15, 0.2) is 0 Å². The Morgan fingerprint density at radius 3 is 2.44 bits per heavy atom. The summed E-state index contributed by atoms with van der Waals surface area (Å²) in [5, 5.41) is 0. The van der Waals surface area contributed by atoms with Crippen molar-refractivity contribution in [1.82, 2.24) is 0 Å². The summed E-state index contributed by atoms with van der Waals surface area (Å²) in [6.07, 6.45) is 2.90. The highest BCUT2D eigenvalue weighted by molar-refractivity contribution is 4.76. The number of hydrogen-bond donors (Lipinski definition) is 1. The van der Waals surface area contributed by atoms with Crippen molar-refractivity contribution in [1.29, 1.82) is 0 Å². The van der Waals surface area contributed by atoms with Gasteiger partial charge >= 0.3 is 0 Å². The average molecular weight is 129 g/mol. The summed E-state index contributed by atoms with van der Waals surface area (Å²) in [5.74, 6) is 0. The summed E-state index contributed by atoms with van der Waals surface area (Å²) in [7, 11) is 0. The molecule has 0 aromatic heterocycles. The zero-order valence-electron chi connectivity index (χ0n) is 6.13. The van der Waals surface area contributed by atoms with E-state index in [1.165, 1.54) is 0 Å². The molecule has 0 bridgehead atoms. The third kappa shape index (κ3) is 1.66. The molecule has 1 aliphatic rings. The van der Waals surface area contributed by atoms with Crippen molar-refractivity contribution in [3.8, 4) is 0 Å². The van der Waals surface area contributed by atoms with Crippen LogP contribution in [0.15, 0.2) is 0 Å². The minimum Gasteiger partial charge on any atom is -0.374 e. The molecule has 1 aliphatic heterocycles. The molecule has 9 heavy (non-hydrogen) atoms. The fourth-order valence-corrected chi connectivity index (χ4v) is 1.20. The molecule has 0 aromatic carbocycles. The van der Waals surface area contributed by atoms with E-state index in [-0.39, 0.29) is 12.1 Å². The van der Waals surface area contributed by atoms with Gasteiger partial charge in [0.2, 0.25) is 0 Å². The molecule has 3 atom stereocenters. The Balaban J connectivity index is 2.35. The van der Waals surface area contributed by atoms with Crippen molar-refractivity contribution in [3.05, 3.63) is 0 Å². The Hall–Kier alpha value is -0.0800. The second-order valence-corrected chi connectivity index (χ2v) is 2.89. The molecule has 2 nitrogen and oxygen atoms in total. The maximum atomic E-state index is 5.72. The lowest BCUT2D eigenvalue weighted by atomic mass is 10.0. The van der Waals surface area contributed by atoms with E-state index in [1.54, 1.807) is 0 Å². The van der Waals surface area contributed by atoms with Crippen LogP contribution in [0.5, 0.6) is 0 Å². The van der Waals surface area contributed by atoms with Gasteiger partial charge in [-0.3, -0.25) is 0 Å². The van der Waals surface area contributed by atoms with E-state index in [1.807, 2.05) is 6.92 Å². The summed E-state index contributed by atoms with van der Waals surface area (Å²) in [5.41, 5.74) is 5.72. The first-order chi connectivity index (χ1) is 4.20. The minimum absolute atomic E-state index is 0.258. The van der Waals surface area contributed by atoms with Crippen LogP contribution in [0.25, 0.3) is 0 Å². The first-order valence-electron chi connectivity index (χ1n) is 3.61. The topological polar surface area (TPSA) is 35.2 Å². The van der Waals surface area contributed by atoms with Gasteiger partial charge in [0.05, 0.1) is 12.2 Å². The molecule has 2 N–H and O–H groups in total. The highest BCUT2D eigenvalue weighted by Crippen LogP contribution is 2.16. The van der Waals surface area contributed by atoms with Crippen LogP contribution in [0, 0.1) is 0 Å². The van der Waals surface area contributed by atoms with Crippen LogP contribution < -0.4 is 5.73 Å². The molecule has 1 rings (SSSR count). The van der Waals surface area contributed by atoms with Gasteiger partial charge in [0.1, 0.15) is 0 Å². The summed E-state index contributed by atoms with van der Waals surface area (Å²) < 4.78 is 5.47. The number of nitrogens with two attached hydrogens (primary N) is 1. The first-order valence-corrected chi connectivity index (χ1v) is 3.61. The lowest BCUT2D eigenvalue weighted by Gasteiger charge is -2.30. The molecule has 1 heterocycles. The number of hydrogen-bond acceptors (Lipinski definition) is 2. The van der Waals surface area contributed by atoms with Gasteiger partial charge in [-0.1, -0.05) is 0 Å². The molecule has 54 valence electrons. The van der Waals surface area contributed by atoms with E-state index in [9.17, 15) is 0 Å². The van der Waals surface area contributed by atoms with Crippen LogP contribution in [0.1, 0.15) is 26.7 Å². The third-order valence-corrected chi connectivity index (χ3v) is 1.96. The molecule has 1 fully saturated rings. The van der Waals surface area contributed by atoms with E-state index in [4.69, 9.17) is 10.5 Å². The van der Waals surface area contributed by atoms with E-state index >= 15 is 0 Å². The molecule has 1 saturated heterocycles. The lowest BCUT2D eigenvalue weighted by molar-refractivity contribution is -0.0410. The predicted octanol–water partition coefficient (Wildman–Crippen LogP) is 0.901. The molecule has 0 saturated carbocycles. The minimum atomic E-state index is 0.258. The van der Waals surface area contributed by atoms with Crippen molar-refractivity contribution in [2.24, 2.45) is 5.73 Å². The van der Waals surface area contributed by atoms with E-state index in [0.29, 0.717) is 6.10 Å². The second-order valence-electron chi connectivity index (χ2n) is 2.89. The van der Waals surface area contributed by atoms with Crippen molar-refractivity contribution in [2.45, 2.75) is 44.9 Å². The molecule has 0 amide bonds. The van der Waals surface area contributed by atoms with Gasteiger partial charge in [-0.15, -0.1) is 0 Å². The maximum Gasteiger partial charge on any atom is 0.0701 e. The van der Waals surface area contributed by atoms with E-state index in [0.717, 1.165) is 12.8 Å².